The first kappa shape index (κ1) is 15.8. The van der Waals surface area contributed by atoms with Crippen LogP contribution in [0, 0.1) is 0 Å². The number of nitrogens with one attached hydrogen (secondary N) is 1. The smallest absolute Gasteiger partial charge is 0.0489 e. The molecule has 0 aromatic heterocycles. The molecule has 2 aromatic rings. The topological polar surface area (TPSA) is 18.5 Å². The molecule has 0 spiro atoms. The third-order valence-electron chi connectivity index (χ3n) is 5.48. The highest BCUT2D eigenvalue weighted by atomic mass is 15.3. The lowest BCUT2D eigenvalue weighted by Gasteiger charge is -2.36. The van der Waals surface area contributed by atoms with Gasteiger partial charge < -0.3 is 0 Å². The number of hydrogen-bond donors (Lipinski definition) is 1. The fourth-order valence-electron chi connectivity index (χ4n) is 4.06. The van der Waals surface area contributed by atoms with Gasteiger partial charge in [0, 0.05) is 31.8 Å². The van der Waals surface area contributed by atoms with Gasteiger partial charge in [0.1, 0.15) is 0 Å². The van der Waals surface area contributed by atoms with Gasteiger partial charge in [-0.2, -0.15) is 0 Å². The average Bonchev–Trinajstić information content (AvgIpc) is 3.14. The minimum atomic E-state index is 0.494. The second-order valence-electron chi connectivity index (χ2n) is 7.09. The molecule has 3 nitrogen and oxygen atoms in total. The second-order valence-corrected chi connectivity index (χ2v) is 7.09. The van der Waals surface area contributed by atoms with Crippen LogP contribution < -0.4 is 5.32 Å². The van der Waals surface area contributed by atoms with E-state index in [9.17, 15) is 0 Å². The Hall–Kier alpha value is -1.68. The normalized spacial score (nSPS) is 23.6. The number of likely N-dealkylation sites (tertiary alicyclic amines) is 1. The van der Waals surface area contributed by atoms with Crippen molar-refractivity contribution in [2.24, 2.45) is 0 Å². The van der Waals surface area contributed by atoms with Gasteiger partial charge in [-0.3, -0.25) is 15.1 Å². The van der Waals surface area contributed by atoms with Crippen LogP contribution in [0.5, 0.6) is 0 Å². The summed E-state index contributed by atoms with van der Waals surface area (Å²) in [7, 11) is 0. The van der Waals surface area contributed by atoms with Crippen LogP contribution in [0.1, 0.15) is 30.0 Å². The molecule has 0 aliphatic carbocycles. The van der Waals surface area contributed by atoms with Crippen LogP contribution >= 0.6 is 0 Å². The van der Waals surface area contributed by atoms with Crippen molar-refractivity contribution in [3.05, 3.63) is 71.8 Å². The molecule has 1 N–H and O–H groups in total. The Morgan fingerprint density at radius 2 is 1.54 bits per heavy atom. The molecular formula is C21H27N3. The van der Waals surface area contributed by atoms with Gasteiger partial charge in [0.25, 0.3) is 0 Å². The first-order chi connectivity index (χ1) is 11.9. The van der Waals surface area contributed by atoms with Crippen LogP contribution in [0.15, 0.2) is 60.7 Å². The van der Waals surface area contributed by atoms with E-state index < -0.39 is 0 Å². The van der Waals surface area contributed by atoms with Gasteiger partial charge in [0.15, 0.2) is 0 Å². The summed E-state index contributed by atoms with van der Waals surface area (Å²) in [6.45, 7) is 5.70. The highest BCUT2D eigenvalue weighted by Crippen LogP contribution is 2.25. The predicted octanol–water partition coefficient (Wildman–Crippen LogP) is 3.26. The van der Waals surface area contributed by atoms with Gasteiger partial charge in [0.2, 0.25) is 0 Å². The summed E-state index contributed by atoms with van der Waals surface area (Å²) in [5.74, 6) is 0. The summed E-state index contributed by atoms with van der Waals surface area (Å²) in [4.78, 5) is 5.25. The lowest BCUT2D eigenvalue weighted by atomic mass is 10.0. The van der Waals surface area contributed by atoms with E-state index in [1.807, 2.05) is 0 Å². The summed E-state index contributed by atoms with van der Waals surface area (Å²) in [5.41, 5.74) is 2.85. The SMILES string of the molecule is c1ccc(CN2CCC(N3CNC(c4ccccc4)C3)CC2)cc1. The van der Waals surface area contributed by atoms with Crippen molar-refractivity contribution in [1.29, 1.82) is 0 Å². The largest absolute Gasteiger partial charge is 0.299 e. The van der Waals surface area contributed by atoms with Crippen LogP contribution in [0.2, 0.25) is 0 Å². The minimum absolute atomic E-state index is 0.494. The molecule has 0 amide bonds. The molecule has 2 fully saturated rings. The summed E-state index contributed by atoms with van der Waals surface area (Å²) < 4.78 is 0. The molecule has 2 aliphatic rings. The van der Waals surface area contributed by atoms with E-state index in [1.54, 1.807) is 0 Å². The number of piperidine rings is 1. The Labute approximate surface area is 145 Å². The predicted molar refractivity (Wildman–Crippen MR) is 98.6 cm³/mol. The Morgan fingerprint density at radius 3 is 2.25 bits per heavy atom. The molecule has 0 radical (unpaired) electrons. The highest BCUT2D eigenvalue weighted by molar-refractivity contribution is 5.20. The van der Waals surface area contributed by atoms with E-state index in [1.165, 1.54) is 37.1 Å². The fourth-order valence-corrected chi connectivity index (χ4v) is 4.06. The molecular weight excluding hydrogens is 294 g/mol. The maximum atomic E-state index is 3.68. The van der Waals surface area contributed by atoms with Crippen molar-refractivity contribution in [1.82, 2.24) is 15.1 Å². The quantitative estimate of drug-likeness (QED) is 0.932. The lowest BCUT2D eigenvalue weighted by molar-refractivity contribution is 0.120. The second kappa shape index (κ2) is 7.47. The van der Waals surface area contributed by atoms with E-state index in [2.05, 4.69) is 75.8 Å². The number of nitrogens with zero attached hydrogens (tertiary/aromatic N) is 2. The van der Waals surface area contributed by atoms with Crippen LogP contribution in [0.25, 0.3) is 0 Å². The van der Waals surface area contributed by atoms with Gasteiger partial charge in [-0.1, -0.05) is 60.7 Å². The van der Waals surface area contributed by atoms with Crippen LogP contribution in [0.3, 0.4) is 0 Å². The van der Waals surface area contributed by atoms with Crippen molar-refractivity contribution in [2.45, 2.75) is 31.5 Å². The maximum Gasteiger partial charge on any atom is 0.0489 e. The zero-order chi connectivity index (χ0) is 16.2. The molecule has 2 saturated heterocycles. The molecule has 2 heterocycles. The number of benzene rings is 2. The Balaban J connectivity index is 1.27. The Bertz CT molecular complexity index is 620. The molecule has 24 heavy (non-hydrogen) atoms. The first-order valence-electron chi connectivity index (χ1n) is 9.17. The standard InChI is InChI=1S/C21H27N3/c1-3-7-18(8-4-1)15-23-13-11-20(12-14-23)24-16-21(22-17-24)19-9-5-2-6-10-19/h1-10,20-22H,11-17H2. The molecule has 126 valence electrons. The van der Waals surface area contributed by atoms with Gasteiger partial charge in [-0.15, -0.1) is 0 Å². The van der Waals surface area contributed by atoms with Gasteiger partial charge in [0.05, 0.1) is 0 Å². The highest BCUT2D eigenvalue weighted by Gasteiger charge is 2.30. The van der Waals surface area contributed by atoms with E-state index in [4.69, 9.17) is 0 Å². The third-order valence-corrected chi connectivity index (χ3v) is 5.48. The van der Waals surface area contributed by atoms with Crippen molar-refractivity contribution < 1.29 is 0 Å². The lowest BCUT2D eigenvalue weighted by Crippen LogP contribution is -2.44. The van der Waals surface area contributed by atoms with Crippen LogP contribution in [-0.2, 0) is 6.54 Å². The van der Waals surface area contributed by atoms with E-state index in [0.29, 0.717) is 6.04 Å². The van der Waals surface area contributed by atoms with Gasteiger partial charge in [-0.05, 0) is 37.1 Å². The summed E-state index contributed by atoms with van der Waals surface area (Å²) >= 11 is 0. The molecule has 0 bridgehead atoms. The zero-order valence-electron chi connectivity index (χ0n) is 14.3. The maximum absolute atomic E-state index is 3.68. The third kappa shape index (κ3) is 3.69. The van der Waals surface area contributed by atoms with Gasteiger partial charge in [-0.25, -0.2) is 0 Å². The molecule has 1 unspecified atom stereocenters. The fraction of sp³-hybridized carbons (Fsp3) is 0.429. The Morgan fingerprint density at radius 1 is 0.875 bits per heavy atom. The molecule has 2 aliphatic heterocycles. The minimum Gasteiger partial charge on any atom is -0.299 e. The van der Waals surface area contributed by atoms with E-state index in [-0.39, 0.29) is 0 Å². The molecule has 2 aromatic carbocycles. The van der Waals surface area contributed by atoms with E-state index in [0.717, 1.165) is 25.8 Å². The van der Waals surface area contributed by atoms with E-state index >= 15 is 0 Å². The van der Waals surface area contributed by atoms with Crippen molar-refractivity contribution in [3.8, 4) is 0 Å². The van der Waals surface area contributed by atoms with Crippen molar-refractivity contribution >= 4 is 0 Å². The van der Waals surface area contributed by atoms with Crippen molar-refractivity contribution in [2.75, 3.05) is 26.3 Å². The molecule has 0 saturated carbocycles. The van der Waals surface area contributed by atoms with Crippen molar-refractivity contribution in [3.63, 3.8) is 0 Å². The van der Waals surface area contributed by atoms with Gasteiger partial charge >= 0.3 is 0 Å². The molecule has 1 atom stereocenters. The zero-order valence-corrected chi connectivity index (χ0v) is 14.3. The van der Waals surface area contributed by atoms with Crippen LogP contribution in [-0.4, -0.2) is 42.1 Å². The molecule has 3 heteroatoms. The monoisotopic (exact) mass is 321 g/mol. The average molecular weight is 321 g/mol. The Kier molecular flexibility index (Phi) is 4.93. The van der Waals surface area contributed by atoms with Crippen LogP contribution in [0.4, 0.5) is 0 Å². The summed E-state index contributed by atoms with van der Waals surface area (Å²) in [6, 6.07) is 22.9. The number of hydrogen-bond acceptors (Lipinski definition) is 3. The summed E-state index contributed by atoms with van der Waals surface area (Å²) in [5, 5.41) is 3.68. The summed E-state index contributed by atoms with van der Waals surface area (Å²) in [6.07, 6.45) is 2.58. The number of rotatable bonds is 4. The molecule has 4 rings (SSSR count). The first-order valence-corrected chi connectivity index (χ1v) is 9.17.